The Labute approximate surface area is 86.8 Å². The van der Waals surface area contributed by atoms with Gasteiger partial charge in [0.2, 0.25) is 0 Å². The molecule has 6 nitrogen and oxygen atoms in total. The number of fused-ring (bicyclic) bond motifs is 1. The monoisotopic (exact) mass is 207 g/mol. The number of aliphatic hydroxyl groups excluding tert-OH is 1. The number of hydrogen-bond donors (Lipinski definition) is 2. The van der Waals surface area contributed by atoms with Crippen molar-refractivity contribution in [2.24, 2.45) is 12.8 Å². The average molecular weight is 207 g/mol. The molecule has 0 radical (unpaired) electrons. The molecule has 0 spiro atoms. The predicted octanol–water partition coefficient (Wildman–Crippen LogP) is -0.602. The van der Waals surface area contributed by atoms with Crippen molar-refractivity contribution in [1.82, 2.24) is 19.7 Å². The smallest absolute Gasteiger partial charge is 0.161 e. The summed E-state index contributed by atoms with van der Waals surface area (Å²) in [5, 5.41) is 14.1. The van der Waals surface area contributed by atoms with Gasteiger partial charge in [0, 0.05) is 19.5 Å². The minimum absolute atomic E-state index is 0.0164. The summed E-state index contributed by atoms with van der Waals surface area (Å²) in [4.78, 5) is 8.28. The van der Waals surface area contributed by atoms with Crippen molar-refractivity contribution < 1.29 is 5.11 Å². The Morgan fingerprint density at radius 2 is 2.33 bits per heavy atom. The summed E-state index contributed by atoms with van der Waals surface area (Å²) in [6, 6.07) is 0. The van der Waals surface area contributed by atoms with Crippen LogP contribution in [0, 0.1) is 0 Å². The van der Waals surface area contributed by atoms with Crippen LogP contribution in [0.15, 0.2) is 12.5 Å². The van der Waals surface area contributed by atoms with Gasteiger partial charge in [-0.1, -0.05) is 0 Å². The lowest BCUT2D eigenvalue weighted by atomic mass is 10.0. The second kappa shape index (κ2) is 3.92. The van der Waals surface area contributed by atoms with Gasteiger partial charge < -0.3 is 10.8 Å². The molecule has 1 atom stereocenters. The highest BCUT2D eigenvalue weighted by atomic mass is 16.3. The summed E-state index contributed by atoms with van der Waals surface area (Å²) >= 11 is 0. The van der Waals surface area contributed by atoms with Crippen LogP contribution >= 0.6 is 0 Å². The number of nitrogens with two attached hydrogens (primary N) is 1. The van der Waals surface area contributed by atoms with E-state index in [2.05, 4.69) is 15.1 Å². The molecule has 0 saturated carbocycles. The van der Waals surface area contributed by atoms with Crippen molar-refractivity contribution >= 4 is 11.0 Å². The molecule has 3 N–H and O–H groups in total. The average Bonchev–Trinajstić information content (AvgIpc) is 2.64. The first-order chi connectivity index (χ1) is 7.27. The minimum Gasteiger partial charge on any atom is -0.396 e. The number of aliphatic hydroxyl groups is 1. The lowest BCUT2D eigenvalue weighted by Crippen LogP contribution is -2.17. The zero-order valence-electron chi connectivity index (χ0n) is 8.46. The van der Waals surface area contributed by atoms with Crippen LogP contribution in [0.5, 0.6) is 0 Å². The van der Waals surface area contributed by atoms with Crippen molar-refractivity contribution in [3.8, 4) is 0 Å². The molecule has 0 saturated heterocycles. The first kappa shape index (κ1) is 10.0. The molecule has 0 amide bonds. The Kier molecular flexibility index (Phi) is 2.61. The fourth-order valence-corrected chi connectivity index (χ4v) is 1.58. The molecule has 0 fully saturated rings. The summed E-state index contributed by atoms with van der Waals surface area (Å²) in [6.07, 6.45) is 3.17. The van der Waals surface area contributed by atoms with Gasteiger partial charge in [0.05, 0.1) is 23.9 Å². The third-order valence-electron chi connectivity index (χ3n) is 2.45. The maximum Gasteiger partial charge on any atom is 0.161 e. The molecule has 2 aromatic rings. The van der Waals surface area contributed by atoms with E-state index in [4.69, 9.17) is 5.73 Å². The Morgan fingerprint density at radius 3 is 3.00 bits per heavy atom. The van der Waals surface area contributed by atoms with Crippen LogP contribution in [0.2, 0.25) is 0 Å². The van der Waals surface area contributed by atoms with Crippen LogP contribution in [0.3, 0.4) is 0 Å². The van der Waals surface area contributed by atoms with Gasteiger partial charge in [0.1, 0.15) is 6.33 Å². The molecule has 2 aromatic heterocycles. The van der Waals surface area contributed by atoms with E-state index < -0.39 is 0 Å². The van der Waals surface area contributed by atoms with E-state index >= 15 is 0 Å². The highest BCUT2D eigenvalue weighted by molar-refractivity contribution is 5.77. The maximum atomic E-state index is 9.18. The van der Waals surface area contributed by atoms with Gasteiger partial charge in [0.25, 0.3) is 0 Å². The molecular weight excluding hydrogens is 194 g/mol. The van der Waals surface area contributed by atoms with Gasteiger partial charge in [-0.3, -0.25) is 4.68 Å². The van der Waals surface area contributed by atoms with E-state index in [0.29, 0.717) is 6.54 Å². The lowest BCUT2D eigenvalue weighted by Gasteiger charge is -2.10. The van der Waals surface area contributed by atoms with Crippen molar-refractivity contribution in [2.75, 3.05) is 13.2 Å². The van der Waals surface area contributed by atoms with Crippen molar-refractivity contribution in [3.05, 3.63) is 18.2 Å². The molecular formula is C9H13N5O. The lowest BCUT2D eigenvalue weighted by molar-refractivity contribution is 0.266. The van der Waals surface area contributed by atoms with Crippen molar-refractivity contribution in [1.29, 1.82) is 0 Å². The predicted molar refractivity (Wildman–Crippen MR) is 55.2 cm³/mol. The summed E-state index contributed by atoms with van der Waals surface area (Å²) in [5.74, 6) is -0.153. The number of rotatable bonds is 3. The molecule has 15 heavy (non-hydrogen) atoms. The number of aryl methyl sites for hydroxylation is 1. The molecule has 0 aliphatic heterocycles. The van der Waals surface area contributed by atoms with E-state index in [1.807, 2.05) is 7.05 Å². The van der Waals surface area contributed by atoms with E-state index in [-0.39, 0.29) is 12.5 Å². The second-order valence-electron chi connectivity index (χ2n) is 3.38. The Balaban J connectivity index is 2.60. The second-order valence-corrected chi connectivity index (χ2v) is 3.38. The van der Waals surface area contributed by atoms with Gasteiger partial charge in [-0.2, -0.15) is 5.10 Å². The minimum atomic E-state index is -0.153. The number of aromatic nitrogens is 4. The number of hydrogen-bond acceptors (Lipinski definition) is 5. The molecule has 80 valence electrons. The van der Waals surface area contributed by atoms with Gasteiger partial charge in [-0.05, 0) is 0 Å². The van der Waals surface area contributed by atoms with Crippen molar-refractivity contribution in [2.45, 2.75) is 5.92 Å². The van der Waals surface area contributed by atoms with Gasteiger partial charge >= 0.3 is 0 Å². The summed E-state index contributed by atoms with van der Waals surface area (Å²) in [6.45, 7) is 0.342. The highest BCUT2D eigenvalue weighted by Crippen LogP contribution is 2.20. The van der Waals surface area contributed by atoms with Crippen molar-refractivity contribution in [3.63, 3.8) is 0 Å². The Hall–Kier alpha value is -1.53. The normalized spacial score (nSPS) is 13.3. The van der Waals surface area contributed by atoms with Crippen LogP contribution in [0.25, 0.3) is 11.0 Å². The Morgan fingerprint density at radius 1 is 1.53 bits per heavy atom. The van der Waals surface area contributed by atoms with Gasteiger partial charge in [0.15, 0.2) is 5.65 Å². The summed E-state index contributed by atoms with van der Waals surface area (Å²) in [5.41, 5.74) is 7.08. The summed E-state index contributed by atoms with van der Waals surface area (Å²) in [7, 11) is 1.81. The van der Waals surface area contributed by atoms with E-state index in [1.54, 1.807) is 10.9 Å². The quantitative estimate of drug-likeness (QED) is 0.701. The molecule has 2 rings (SSSR count). The topological polar surface area (TPSA) is 89.9 Å². The molecule has 0 aliphatic carbocycles. The van der Waals surface area contributed by atoms with Crippen LogP contribution < -0.4 is 5.73 Å². The van der Waals surface area contributed by atoms with Gasteiger partial charge in [-0.15, -0.1) is 0 Å². The number of nitrogens with zero attached hydrogens (tertiary/aromatic N) is 4. The van der Waals surface area contributed by atoms with E-state index in [0.717, 1.165) is 16.7 Å². The molecule has 0 bridgehead atoms. The third-order valence-corrected chi connectivity index (χ3v) is 2.45. The Bertz CT molecular complexity index is 462. The van der Waals surface area contributed by atoms with E-state index in [9.17, 15) is 5.11 Å². The highest BCUT2D eigenvalue weighted by Gasteiger charge is 2.15. The van der Waals surface area contributed by atoms with Crippen LogP contribution in [0.4, 0.5) is 0 Å². The molecule has 0 aromatic carbocycles. The fourth-order valence-electron chi connectivity index (χ4n) is 1.58. The third kappa shape index (κ3) is 1.57. The van der Waals surface area contributed by atoms with Crippen LogP contribution in [-0.2, 0) is 7.05 Å². The zero-order valence-corrected chi connectivity index (χ0v) is 8.46. The standard InChI is InChI=1S/C9H13N5O/c1-14-9-7(3-13-14)8(11-5-12-9)6(2-10)4-15/h3,5-6,15H,2,4,10H2,1H3. The molecule has 6 heteroatoms. The van der Waals surface area contributed by atoms with Gasteiger partial charge in [-0.25, -0.2) is 9.97 Å². The fraction of sp³-hybridized carbons (Fsp3) is 0.444. The summed E-state index contributed by atoms with van der Waals surface area (Å²) < 4.78 is 1.67. The SMILES string of the molecule is Cn1ncc2c(C(CN)CO)ncnc21. The maximum absolute atomic E-state index is 9.18. The molecule has 2 heterocycles. The van der Waals surface area contributed by atoms with E-state index in [1.165, 1.54) is 6.33 Å². The first-order valence-electron chi connectivity index (χ1n) is 4.71. The molecule has 1 unspecified atom stereocenters. The largest absolute Gasteiger partial charge is 0.396 e. The zero-order chi connectivity index (χ0) is 10.8. The molecule has 0 aliphatic rings. The van der Waals surface area contributed by atoms with Crippen LogP contribution in [0.1, 0.15) is 11.6 Å². The van der Waals surface area contributed by atoms with Crippen LogP contribution in [-0.4, -0.2) is 38.0 Å². The first-order valence-corrected chi connectivity index (χ1v) is 4.71.